The summed E-state index contributed by atoms with van der Waals surface area (Å²) in [6, 6.07) is 0. The van der Waals surface area contributed by atoms with E-state index in [1.807, 2.05) is 19.1 Å². The number of rotatable bonds is 24. The van der Waals surface area contributed by atoms with E-state index in [0.717, 1.165) is 5.57 Å². The Bertz CT molecular complexity index is 1870. The fourth-order valence-corrected chi connectivity index (χ4v) is 9.21. The van der Waals surface area contributed by atoms with Crippen LogP contribution in [0.2, 0.25) is 0 Å². The number of hydrogen-bond acceptors (Lipinski definition) is 26. The first-order valence-corrected chi connectivity index (χ1v) is 25.6. The van der Waals surface area contributed by atoms with Gasteiger partial charge in [0, 0.05) is 0 Å². The van der Waals surface area contributed by atoms with Crippen molar-refractivity contribution in [2.75, 3.05) is 26.4 Å². The number of ether oxygens (including phenoxy) is 10. The van der Waals surface area contributed by atoms with Crippen LogP contribution in [-0.2, 0) is 47.4 Å². The molecular weight excluding hydrogens is 1020 g/mol. The van der Waals surface area contributed by atoms with Crippen LogP contribution in [0.4, 0.5) is 0 Å². The molecule has 26 nitrogen and oxygen atoms in total. The summed E-state index contributed by atoms with van der Waals surface area (Å²) in [7, 11) is 0. The first-order chi connectivity index (χ1) is 35.8. The molecule has 0 amide bonds. The molecule has 0 aliphatic carbocycles. The molecule has 0 aromatic rings. The second-order valence-electron chi connectivity index (χ2n) is 20.6. The molecule has 76 heavy (non-hydrogen) atoms. The quantitative estimate of drug-likeness (QED) is 0.0404. The Kier molecular flexibility index (Phi) is 24.8. The summed E-state index contributed by atoms with van der Waals surface area (Å²) < 4.78 is 57.8. The molecule has 27 atom stereocenters. The van der Waals surface area contributed by atoms with Gasteiger partial charge in [-0.05, 0) is 79.2 Å². The molecule has 0 radical (unpaired) electrons. The molecule has 5 saturated heterocycles. The molecule has 26 heteroatoms. The molecule has 16 N–H and O–H groups in total. The minimum absolute atomic E-state index is 0.139. The summed E-state index contributed by atoms with van der Waals surface area (Å²) in [5, 5.41) is 168. The van der Waals surface area contributed by atoms with Crippen molar-refractivity contribution in [2.24, 2.45) is 0 Å². The van der Waals surface area contributed by atoms with Gasteiger partial charge in [-0.1, -0.05) is 35.5 Å². The summed E-state index contributed by atoms with van der Waals surface area (Å²) in [4.78, 5) is 0. The van der Waals surface area contributed by atoms with Crippen molar-refractivity contribution in [3.63, 3.8) is 0 Å². The van der Waals surface area contributed by atoms with Crippen molar-refractivity contribution >= 4 is 0 Å². The Morgan fingerprint density at radius 1 is 0.526 bits per heavy atom. The van der Waals surface area contributed by atoms with E-state index in [-0.39, 0.29) is 13.0 Å². The third-order valence-electron chi connectivity index (χ3n) is 14.6. The Balaban J connectivity index is 1.12. The minimum Gasteiger partial charge on any atom is -0.394 e. The average molecular weight is 1100 g/mol. The summed E-state index contributed by atoms with van der Waals surface area (Å²) in [5.74, 6) is 0. The van der Waals surface area contributed by atoms with E-state index in [0.29, 0.717) is 36.8 Å². The molecular formula is C50H84O26. The van der Waals surface area contributed by atoms with E-state index < -0.39 is 185 Å². The molecule has 0 aromatic heterocycles. The van der Waals surface area contributed by atoms with Gasteiger partial charge >= 0.3 is 0 Å². The third kappa shape index (κ3) is 16.1. The smallest absolute Gasteiger partial charge is 0.188 e. The van der Waals surface area contributed by atoms with E-state index in [1.54, 1.807) is 26.8 Å². The molecule has 2 unspecified atom stereocenters. The van der Waals surface area contributed by atoms with E-state index in [1.165, 1.54) is 19.9 Å². The molecule has 5 heterocycles. The molecule has 0 aromatic carbocycles. The van der Waals surface area contributed by atoms with Crippen LogP contribution in [0.25, 0.3) is 0 Å². The summed E-state index contributed by atoms with van der Waals surface area (Å²) in [6.07, 6.45) is -30.2. The van der Waals surface area contributed by atoms with Crippen LogP contribution in [0.15, 0.2) is 47.6 Å². The van der Waals surface area contributed by atoms with Crippen molar-refractivity contribution in [1.29, 1.82) is 0 Å². The maximum Gasteiger partial charge on any atom is 0.188 e. The number of aliphatic hydroxyl groups is 16. The summed E-state index contributed by atoms with van der Waals surface area (Å²) in [6.45, 7) is 11.8. The summed E-state index contributed by atoms with van der Waals surface area (Å²) in [5.41, 5.74) is 1.19. The van der Waals surface area contributed by atoms with Crippen LogP contribution in [0.5, 0.6) is 0 Å². The lowest BCUT2D eigenvalue weighted by molar-refractivity contribution is -0.375. The van der Waals surface area contributed by atoms with Gasteiger partial charge in [-0.15, -0.1) is 6.58 Å². The second kappa shape index (κ2) is 29.1. The first kappa shape index (κ1) is 64.7. The van der Waals surface area contributed by atoms with Crippen LogP contribution >= 0.6 is 0 Å². The zero-order valence-corrected chi connectivity index (χ0v) is 43.6. The van der Waals surface area contributed by atoms with Crippen molar-refractivity contribution < 1.29 is 129 Å². The molecule has 440 valence electrons. The van der Waals surface area contributed by atoms with Gasteiger partial charge in [0.1, 0.15) is 110 Å². The van der Waals surface area contributed by atoms with Gasteiger partial charge in [-0.25, -0.2) is 0 Å². The highest BCUT2D eigenvalue weighted by Gasteiger charge is 2.54. The largest absolute Gasteiger partial charge is 0.394 e. The van der Waals surface area contributed by atoms with Crippen molar-refractivity contribution in [3.05, 3.63) is 47.6 Å². The third-order valence-corrected chi connectivity index (χ3v) is 14.6. The highest BCUT2D eigenvalue weighted by Crippen LogP contribution is 2.35. The van der Waals surface area contributed by atoms with Crippen LogP contribution < -0.4 is 0 Å². The zero-order chi connectivity index (χ0) is 56.5. The van der Waals surface area contributed by atoms with Gasteiger partial charge in [0.25, 0.3) is 0 Å². The van der Waals surface area contributed by atoms with Gasteiger partial charge in [0.2, 0.25) is 0 Å². The molecule has 5 aliphatic heterocycles. The Hall–Kier alpha value is -2.08. The second-order valence-corrected chi connectivity index (χ2v) is 20.6. The van der Waals surface area contributed by atoms with Gasteiger partial charge < -0.3 is 129 Å². The van der Waals surface area contributed by atoms with Crippen LogP contribution in [0.3, 0.4) is 0 Å². The van der Waals surface area contributed by atoms with E-state index >= 15 is 0 Å². The number of hydrogen-bond donors (Lipinski definition) is 16. The van der Waals surface area contributed by atoms with Crippen LogP contribution in [0, 0.1) is 0 Å². The Morgan fingerprint density at radius 2 is 1.00 bits per heavy atom. The predicted molar refractivity (Wildman–Crippen MR) is 259 cm³/mol. The van der Waals surface area contributed by atoms with Crippen molar-refractivity contribution in [3.8, 4) is 0 Å². The highest BCUT2D eigenvalue weighted by molar-refractivity contribution is 5.11. The van der Waals surface area contributed by atoms with Crippen molar-refractivity contribution in [1.82, 2.24) is 0 Å². The fraction of sp³-hybridized carbons (Fsp3) is 0.840. The van der Waals surface area contributed by atoms with Gasteiger partial charge in [-0.2, -0.15) is 0 Å². The lowest BCUT2D eigenvalue weighted by Gasteiger charge is -2.47. The lowest BCUT2D eigenvalue weighted by Crippen LogP contribution is -2.65. The molecule has 5 rings (SSSR count). The molecule has 5 aliphatic rings. The van der Waals surface area contributed by atoms with Crippen LogP contribution in [0.1, 0.15) is 73.6 Å². The van der Waals surface area contributed by atoms with Gasteiger partial charge in [0.15, 0.2) is 31.5 Å². The Labute approximate surface area is 441 Å². The highest BCUT2D eigenvalue weighted by atomic mass is 16.8. The Morgan fingerprint density at radius 3 is 1.59 bits per heavy atom. The van der Waals surface area contributed by atoms with E-state index in [2.05, 4.69) is 6.58 Å². The molecule has 0 bridgehead atoms. The van der Waals surface area contributed by atoms with E-state index in [4.69, 9.17) is 47.4 Å². The first-order valence-electron chi connectivity index (χ1n) is 25.6. The van der Waals surface area contributed by atoms with Crippen LogP contribution in [-0.4, -0.2) is 273 Å². The van der Waals surface area contributed by atoms with E-state index in [9.17, 15) is 81.7 Å². The summed E-state index contributed by atoms with van der Waals surface area (Å²) >= 11 is 0. The van der Waals surface area contributed by atoms with Gasteiger partial charge in [0.05, 0.1) is 50.3 Å². The maximum absolute atomic E-state index is 11.3. The standard InChI is InChI=1S/C50H84O26/c1-8-50(7,76-49-44(37(61)33(57)28(18-52)72-49)75-48-41(65)36(60)32(56)27(17-51)71-48)16-10-12-21(2)11-9-13-23(4)26(53)15-14-22(3)19-67-46-42(66)38(62)43(74-47-40(64)35(59)31(55)25(6)70-47)29(73-46)20-68-45-39(63)34(58)30(54)24(5)69-45/h8,12-14,24-49,51-66H,1,9-11,15-20H2,2-7H3/b21-12+,22-14-,23-13+/t24-,25-,26?,27+,28+,29+,30-,31-,32+,33+,34+,35+,36-,37-,38+,39+,40+,41+,42+,43+,44+,45+,46+,47-,48-,49-,50?/m0/s1. The maximum atomic E-state index is 11.3. The SMILES string of the molecule is C=CC(C)(CC/C=C(\C)CC/C=C(\C)C(O)C/C=C(/C)CO[C@@H]1O[C@H](CO[C@@H]2O[C@@H](C)[C@H](O)[C@@H](O)[C@H]2O)[C@@H](O[C@@H]2O[C@@H](C)[C@H](O)[C@@H](O)[C@H]2O)[C@H](O)[C@H]1O)O[C@@H]1O[C@H](CO)[C@@H](O)[C@H](O)[C@H]1O[C@@H]1O[C@H](CO)[C@@H](O)[C@H](O)[C@H]1O. The predicted octanol–water partition coefficient (Wildman–Crippen LogP) is -4.76. The van der Waals surface area contributed by atoms with Crippen molar-refractivity contribution in [2.45, 2.75) is 239 Å². The minimum atomic E-state index is -1.83. The zero-order valence-electron chi connectivity index (χ0n) is 43.6. The monoisotopic (exact) mass is 1100 g/mol. The average Bonchev–Trinajstić information content (AvgIpc) is 3.39. The normalized spacial score (nSPS) is 44.3. The molecule has 5 fully saturated rings. The fourth-order valence-electron chi connectivity index (χ4n) is 9.21. The number of aliphatic hydroxyl groups excluding tert-OH is 16. The molecule has 0 saturated carbocycles. The lowest BCUT2D eigenvalue weighted by atomic mass is 9.95. The number of allylic oxidation sites excluding steroid dienone is 3. The topological polar surface area (TPSA) is 416 Å². The van der Waals surface area contributed by atoms with Gasteiger partial charge in [-0.3, -0.25) is 0 Å². The molecule has 0 spiro atoms.